The van der Waals surface area contributed by atoms with Gasteiger partial charge in [0, 0.05) is 6.54 Å². The van der Waals surface area contributed by atoms with Crippen LogP contribution in [0.2, 0.25) is 0 Å². The van der Waals surface area contributed by atoms with E-state index in [1.165, 1.54) is 16.4 Å². The van der Waals surface area contributed by atoms with E-state index in [0.717, 1.165) is 12.0 Å². The van der Waals surface area contributed by atoms with Crippen molar-refractivity contribution in [3.8, 4) is 17.1 Å². The molecule has 0 fully saturated rings. The van der Waals surface area contributed by atoms with E-state index in [1.807, 2.05) is 38.1 Å². The van der Waals surface area contributed by atoms with Gasteiger partial charge in [0.05, 0.1) is 17.9 Å². The minimum absolute atomic E-state index is 0.0429. The van der Waals surface area contributed by atoms with Crippen LogP contribution in [0, 0.1) is 0 Å². The predicted molar refractivity (Wildman–Crippen MR) is 90.8 cm³/mol. The third-order valence-corrected chi connectivity index (χ3v) is 4.27. The summed E-state index contributed by atoms with van der Waals surface area (Å²) in [4.78, 5) is 11.9. The quantitative estimate of drug-likeness (QED) is 0.590. The first kappa shape index (κ1) is 17.1. The molecule has 0 aliphatic heterocycles. The maximum atomic E-state index is 11.9. The topological polar surface area (TPSA) is 95.1 Å². The predicted octanol–water partition coefficient (Wildman–Crippen LogP) is 1.67. The van der Waals surface area contributed by atoms with Crippen LogP contribution in [-0.4, -0.2) is 39.7 Å². The van der Waals surface area contributed by atoms with Gasteiger partial charge in [0.25, 0.3) is 0 Å². The third kappa shape index (κ3) is 3.95. The number of nitrogens with zero attached hydrogens (tertiary/aromatic N) is 3. The fourth-order valence-corrected chi connectivity index (χ4v) is 2.77. The molecule has 7 nitrogen and oxygen atoms in total. The Labute approximate surface area is 139 Å². The van der Waals surface area contributed by atoms with E-state index in [0.29, 0.717) is 23.3 Å². The summed E-state index contributed by atoms with van der Waals surface area (Å²) in [7, 11) is 1.59. The van der Waals surface area contributed by atoms with Crippen molar-refractivity contribution in [1.29, 1.82) is 0 Å². The molecule has 1 atom stereocenters. The van der Waals surface area contributed by atoms with E-state index in [-0.39, 0.29) is 11.2 Å². The van der Waals surface area contributed by atoms with Crippen LogP contribution in [0.1, 0.15) is 20.3 Å². The zero-order valence-corrected chi connectivity index (χ0v) is 14.3. The van der Waals surface area contributed by atoms with Gasteiger partial charge in [-0.25, -0.2) is 4.68 Å². The number of ether oxygens (including phenoxy) is 1. The lowest BCUT2D eigenvalue weighted by Gasteiger charge is -2.11. The summed E-state index contributed by atoms with van der Waals surface area (Å²) < 4.78 is 6.70. The Morgan fingerprint density at radius 2 is 2.17 bits per heavy atom. The zero-order chi connectivity index (χ0) is 16.8. The van der Waals surface area contributed by atoms with Crippen LogP contribution in [0.5, 0.6) is 5.75 Å². The molecule has 0 aliphatic rings. The fourth-order valence-electron chi connectivity index (χ4n) is 1.97. The van der Waals surface area contributed by atoms with Gasteiger partial charge in [-0.15, -0.1) is 10.2 Å². The first-order valence-corrected chi connectivity index (χ1v) is 8.24. The van der Waals surface area contributed by atoms with Crippen LogP contribution in [0.3, 0.4) is 0 Å². The Balaban J connectivity index is 2.18. The van der Waals surface area contributed by atoms with Crippen LogP contribution in [0.15, 0.2) is 29.4 Å². The normalized spacial score (nSPS) is 12.0. The van der Waals surface area contributed by atoms with Crippen LogP contribution in [-0.2, 0) is 4.79 Å². The molecule has 23 heavy (non-hydrogen) atoms. The maximum absolute atomic E-state index is 11.9. The molecule has 0 bridgehead atoms. The number of nitrogens with one attached hydrogen (secondary N) is 1. The van der Waals surface area contributed by atoms with Crippen molar-refractivity contribution < 1.29 is 9.53 Å². The molecular weight excluding hydrogens is 314 g/mol. The van der Waals surface area contributed by atoms with Crippen LogP contribution in [0.25, 0.3) is 11.4 Å². The molecule has 0 aliphatic carbocycles. The number of aromatic nitrogens is 3. The highest BCUT2D eigenvalue weighted by Gasteiger charge is 2.20. The molecule has 1 unspecified atom stereocenters. The lowest BCUT2D eigenvalue weighted by Crippen LogP contribution is -2.31. The highest BCUT2D eigenvalue weighted by atomic mass is 32.2. The molecule has 3 N–H and O–H groups in total. The summed E-state index contributed by atoms with van der Waals surface area (Å²) in [6.45, 7) is 4.48. The summed E-state index contributed by atoms with van der Waals surface area (Å²) in [5, 5.41) is 11.2. The number of thioether (sulfide) groups is 1. The second kappa shape index (κ2) is 7.87. The monoisotopic (exact) mass is 335 g/mol. The van der Waals surface area contributed by atoms with Crippen molar-refractivity contribution >= 4 is 17.7 Å². The van der Waals surface area contributed by atoms with E-state index in [2.05, 4.69) is 15.5 Å². The smallest absolute Gasteiger partial charge is 0.233 e. The summed E-state index contributed by atoms with van der Waals surface area (Å²) in [6, 6.07) is 7.44. The van der Waals surface area contributed by atoms with Gasteiger partial charge in [-0.2, -0.15) is 0 Å². The summed E-state index contributed by atoms with van der Waals surface area (Å²) >= 11 is 1.27. The zero-order valence-electron chi connectivity index (χ0n) is 13.4. The van der Waals surface area contributed by atoms with Gasteiger partial charge < -0.3 is 15.9 Å². The Morgan fingerprint density at radius 3 is 2.87 bits per heavy atom. The molecule has 0 spiro atoms. The average Bonchev–Trinajstić information content (AvgIpc) is 2.93. The van der Waals surface area contributed by atoms with Gasteiger partial charge >= 0.3 is 0 Å². The molecule has 0 radical (unpaired) electrons. The van der Waals surface area contributed by atoms with Gasteiger partial charge in [-0.3, -0.25) is 4.79 Å². The Hall–Kier alpha value is -2.22. The SMILES string of the molecule is CCCNC(=O)C(C)Sc1nnc(-c2ccccc2OC)n1N. The van der Waals surface area contributed by atoms with E-state index in [4.69, 9.17) is 10.6 Å². The third-order valence-electron chi connectivity index (χ3n) is 3.21. The number of para-hydroxylation sites is 1. The molecule has 1 aromatic heterocycles. The van der Waals surface area contributed by atoms with Gasteiger partial charge in [-0.1, -0.05) is 30.8 Å². The molecule has 8 heteroatoms. The summed E-state index contributed by atoms with van der Waals surface area (Å²) in [6.07, 6.45) is 0.897. The van der Waals surface area contributed by atoms with Crippen molar-refractivity contribution in [3.05, 3.63) is 24.3 Å². The molecule has 124 valence electrons. The first-order valence-electron chi connectivity index (χ1n) is 7.36. The number of hydrogen-bond donors (Lipinski definition) is 2. The number of nitrogen functional groups attached to an aromatic ring is 1. The standard InChI is InChI=1S/C15H21N5O2S/c1-4-9-17-14(21)10(2)23-15-19-18-13(20(15)16)11-7-5-6-8-12(11)22-3/h5-8,10H,4,9,16H2,1-3H3,(H,17,21). The second-order valence-electron chi connectivity index (χ2n) is 4.93. The van der Waals surface area contributed by atoms with Gasteiger partial charge in [0.15, 0.2) is 5.82 Å². The molecule has 0 saturated carbocycles. The molecule has 2 aromatic rings. The molecular formula is C15H21N5O2S. The average molecular weight is 335 g/mol. The molecule has 2 rings (SSSR count). The second-order valence-corrected chi connectivity index (χ2v) is 6.24. The van der Waals surface area contributed by atoms with Gasteiger partial charge in [0.2, 0.25) is 11.1 Å². The maximum Gasteiger partial charge on any atom is 0.233 e. The van der Waals surface area contributed by atoms with Crippen molar-refractivity contribution in [1.82, 2.24) is 20.2 Å². The number of amides is 1. The van der Waals surface area contributed by atoms with Crippen LogP contribution in [0.4, 0.5) is 0 Å². The Bertz CT molecular complexity index is 674. The fraction of sp³-hybridized carbons (Fsp3) is 0.400. The Kier molecular flexibility index (Phi) is 5.86. The number of carbonyl (C=O) groups is 1. The Morgan fingerprint density at radius 1 is 1.43 bits per heavy atom. The van der Waals surface area contributed by atoms with Crippen molar-refractivity contribution in [2.45, 2.75) is 30.7 Å². The summed E-state index contributed by atoms with van der Waals surface area (Å²) in [5.74, 6) is 7.20. The van der Waals surface area contributed by atoms with Crippen LogP contribution < -0.4 is 15.9 Å². The number of nitrogens with two attached hydrogens (primary N) is 1. The highest BCUT2D eigenvalue weighted by Crippen LogP contribution is 2.30. The van der Waals surface area contributed by atoms with Crippen molar-refractivity contribution in [3.63, 3.8) is 0 Å². The number of hydrogen-bond acceptors (Lipinski definition) is 6. The minimum Gasteiger partial charge on any atom is -0.496 e. The largest absolute Gasteiger partial charge is 0.496 e. The van der Waals surface area contributed by atoms with E-state index in [9.17, 15) is 4.79 Å². The van der Waals surface area contributed by atoms with E-state index in [1.54, 1.807) is 7.11 Å². The number of benzene rings is 1. The van der Waals surface area contributed by atoms with Crippen molar-refractivity contribution in [2.75, 3.05) is 19.5 Å². The first-order chi connectivity index (χ1) is 11.1. The number of rotatable bonds is 7. The summed E-state index contributed by atoms with van der Waals surface area (Å²) in [5.41, 5.74) is 0.750. The van der Waals surface area contributed by atoms with Gasteiger partial charge in [-0.05, 0) is 25.5 Å². The molecule has 1 heterocycles. The van der Waals surface area contributed by atoms with E-state index >= 15 is 0 Å². The molecule has 0 saturated heterocycles. The molecule has 1 amide bonds. The van der Waals surface area contributed by atoms with Crippen molar-refractivity contribution in [2.24, 2.45) is 0 Å². The highest BCUT2D eigenvalue weighted by molar-refractivity contribution is 8.00. The number of methoxy groups -OCH3 is 1. The van der Waals surface area contributed by atoms with Crippen LogP contribution >= 0.6 is 11.8 Å². The molecule has 1 aromatic carbocycles. The lowest BCUT2D eigenvalue weighted by atomic mass is 10.2. The number of carbonyl (C=O) groups excluding carboxylic acids is 1. The lowest BCUT2D eigenvalue weighted by molar-refractivity contribution is -0.120. The van der Waals surface area contributed by atoms with E-state index < -0.39 is 0 Å². The van der Waals surface area contributed by atoms with Gasteiger partial charge in [0.1, 0.15) is 5.75 Å². The minimum atomic E-state index is -0.307.